The summed E-state index contributed by atoms with van der Waals surface area (Å²) in [5.41, 5.74) is 1.68. The Morgan fingerprint density at radius 2 is 1.87 bits per heavy atom. The third kappa shape index (κ3) is 3.66. The summed E-state index contributed by atoms with van der Waals surface area (Å²) in [5, 5.41) is 17.8. The maximum Gasteiger partial charge on any atom is 0.488 e. The van der Waals surface area contributed by atoms with Gasteiger partial charge >= 0.3 is 7.12 Å². The molecule has 4 heteroatoms. The summed E-state index contributed by atoms with van der Waals surface area (Å²) >= 11 is 0. The molecule has 0 aliphatic heterocycles. The fourth-order valence-electron chi connectivity index (χ4n) is 1.40. The van der Waals surface area contributed by atoms with Gasteiger partial charge in [0.1, 0.15) is 0 Å². The monoisotopic (exact) mass is 206 g/mol. The summed E-state index contributed by atoms with van der Waals surface area (Å²) in [5.74, 6) is 0. The largest absolute Gasteiger partial charge is 0.488 e. The average Bonchev–Trinajstić information content (AvgIpc) is 2.26. The Labute approximate surface area is 91.5 Å². The van der Waals surface area contributed by atoms with Crippen LogP contribution in [0.1, 0.15) is 12.5 Å². The lowest BCUT2D eigenvalue weighted by Gasteiger charge is -2.17. The normalized spacial score (nSPS) is 10.7. The van der Waals surface area contributed by atoms with Crippen molar-refractivity contribution in [3.05, 3.63) is 36.8 Å². The smallest absolute Gasteiger partial charge is 0.423 e. The summed E-state index contributed by atoms with van der Waals surface area (Å²) in [6.45, 7) is 8.53. The molecule has 1 rings (SSSR count). The molecule has 0 aliphatic rings. The van der Waals surface area contributed by atoms with Crippen LogP contribution in [0.3, 0.4) is 0 Å². The molecule has 0 heterocycles. The fraction of sp³-hybridized carbons (Fsp3) is 0.364. The Morgan fingerprint density at radius 3 is 2.27 bits per heavy atom. The lowest BCUT2D eigenvalue weighted by molar-refractivity contribution is 0.310. The van der Waals surface area contributed by atoms with Crippen LogP contribution in [-0.4, -0.2) is 35.2 Å². The highest BCUT2D eigenvalue weighted by molar-refractivity contribution is 6.58. The van der Waals surface area contributed by atoms with Gasteiger partial charge in [-0.25, -0.2) is 0 Å². The van der Waals surface area contributed by atoms with Crippen molar-refractivity contribution >= 4 is 12.6 Å². The number of hydrogen-bond donors (Lipinski definition) is 2. The van der Waals surface area contributed by atoms with Crippen LogP contribution in [0, 0.1) is 6.92 Å². The maximum absolute atomic E-state index is 8.92. The van der Waals surface area contributed by atoms with E-state index in [0.717, 1.165) is 25.2 Å². The lowest BCUT2D eigenvalue weighted by Crippen LogP contribution is -2.29. The zero-order valence-electron chi connectivity index (χ0n) is 9.06. The second kappa shape index (κ2) is 5.90. The number of benzene rings is 1. The second-order valence-electron chi connectivity index (χ2n) is 3.48. The lowest BCUT2D eigenvalue weighted by atomic mass is 9.80. The van der Waals surface area contributed by atoms with Crippen molar-refractivity contribution in [2.75, 3.05) is 13.1 Å². The molecule has 0 unspecified atom stereocenters. The van der Waals surface area contributed by atoms with E-state index in [4.69, 9.17) is 10.0 Å². The van der Waals surface area contributed by atoms with Gasteiger partial charge in [-0.3, -0.25) is 4.90 Å². The van der Waals surface area contributed by atoms with Crippen molar-refractivity contribution in [1.82, 2.24) is 4.90 Å². The highest BCUT2D eigenvalue weighted by Crippen LogP contribution is 2.02. The Hall–Kier alpha value is -0.835. The topological polar surface area (TPSA) is 43.7 Å². The van der Waals surface area contributed by atoms with Gasteiger partial charge in [0.15, 0.2) is 0 Å². The van der Waals surface area contributed by atoms with Gasteiger partial charge in [0.05, 0.1) is 0 Å². The van der Waals surface area contributed by atoms with Crippen LogP contribution in [0.15, 0.2) is 24.3 Å². The van der Waals surface area contributed by atoms with E-state index < -0.39 is 7.12 Å². The summed E-state index contributed by atoms with van der Waals surface area (Å²) in [7, 11) is -1.38. The third-order valence-corrected chi connectivity index (χ3v) is 2.45. The molecule has 0 saturated carbocycles. The molecule has 0 fully saturated rings. The van der Waals surface area contributed by atoms with Crippen molar-refractivity contribution in [2.24, 2.45) is 0 Å². The van der Waals surface area contributed by atoms with Gasteiger partial charge in [0.25, 0.3) is 0 Å². The summed E-state index contributed by atoms with van der Waals surface area (Å²) < 4.78 is 0. The standard InChI is InChI=1S/C11H17BNO2/c1-3-13(4-2)9-10-5-7-11(8-6-10)12(14)15/h5-8,14-15H,1,3-4,9H2,2H3. The molecule has 0 saturated heterocycles. The predicted molar refractivity (Wildman–Crippen MR) is 62.6 cm³/mol. The molecule has 0 spiro atoms. The molecule has 0 amide bonds. The van der Waals surface area contributed by atoms with Crippen LogP contribution >= 0.6 is 0 Å². The maximum atomic E-state index is 8.92. The number of hydrogen-bond acceptors (Lipinski definition) is 3. The second-order valence-corrected chi connectivity index (χ2v) is 3.48. The SMILES string of the molecule is [CH2]CN(CC)Cc1ccc(B(O)O)cc1. The molecule has 81 valence electrons. The first-order valence-corrected chi connectivity index (χ1v) is 5.14. The highest BCUT2D eigenvalue weighted by atomic mass is 16.4. The number of rotatable bonds is 5. The minimum Gasteiger partial charge on any atom is -0.423 e. The van der Waals surface area contributed by atoms with E-state index in [9.17, 15) is 0 Å². The molecule has 0 aliphatic carbocycles. The molecule has 0 bridgehead atoms. The minimum atomic E-state index is -1.38. The molecule has 3 nitrogen and oxygen atoms in total. The first kappa shape index (κ1) is 12.2. The van der Waals surface area contributed by atoms with Crippen LogP contribution in [0.4, 0.5) is 0 Å². The van der Waals surface area contributed by atoms with Crippen molar-refractivity contribution in [3.8, 4) is 0 Å². The van der Waals surface area contributed by atoms with E-state index in [1.165, 1.54) is 0 Å². The van der Waals surface area contributed by atoms with Crippen LogP contribution in [0.5, 0.6) is 0 Å². The molecular weight excluding hydrogens is 189 g/mol. The summed E-state index contributed by atoms with van der Waals surface area (Å²) in [6.07, 6.45) is 0. The minimum absolute atomic E-state index is 0.524. The zero-order chi connectivity index (χ0) is 11.3. The van der Waals surface area contributed by atoms with Gasteiger partial charge < -0.3 is 10.0 Å². The van der Waals surface area contributed by atoms with Gasteiger partial charge in [0.2, 0.25) is 0 Å². The summed E-state index contributed by atoms with van der Waals surface area (Å²) in [4.78, 5) is 2.20. The van der Waals surface area contributed by atoms with Crippen molar-refractivity contribution in [2.45, 2.75) is 13.5 Å². The van der Waals surface area contributed by atoms with Gasteiger partial charge in [-0.15, -0.1) is 0 Å². The van der Waals surface area contributed by atoms with Crippen LogP contribution in [0.25, 0.3) is 0 Å². The Balaban J connectivity index is 2.63. The van der Waals surface area contributed by atoms with E-state index in [2.05, 4.69) is 18.7 Å². The molecule has 15 heavy (non-hydrogen) atoms. The van der Waals surface area contributed by atoms with Crippen LogP contribution in [-0.2, 0) is 6.54 Å². The summed E-state index contributed by atoms with van der Waals surface area (Å²) in [6, 6.07) is 7.29. The van der Waals surface area contributed by atoms with Crippen molar-refractivity contribution in [1.29, 1.82) is 0 Å². The third-order valence-electron chi connectivity index (χ3n) is 2.45. The van der Waals surface area contributed by atoms with E-state index in [1.807, 2.05) is 12.1 Å². The van der Waals surface area contributed by atoms with Crippen molar-refractivity contribution < 1.29 is 10.0 Å². The van der Waals surface area contributed by atoms with Gasteiger partial charge in [-0.2, -0.15) is 0 Å². The van der Waals surface area contributed by atoms with Crippen LogP contribution < -0.4 is 5.46 Å². The molecule has 0 atom stereocenters. The Morgan fingerprint density at radius 1 is 1.27 bits per heavy atom. The molecule has 0 aromatic heterocycles. The van der Waals surface area contributed by atoms with E-state index in [1.54, 1.807) is 12.1 Å². The molecular formula is C11H17BNO2. The van der Waals surface area contributed by atoms with E-state index >= 15 is 0 Å². The number of nitrogens with zero attached hydrogens (tertiary/aromatic N) is 1. The van der Waals surface area contributed by atoms with E-state index in [0.29, 0.717) is 5.46 Å². The zero-order valence-corrected chi connectivity index (χ0v) is 9.06. The molecule has 1 radical (unpaired) electrons. The average molecular weight is 206 g/mol. The Bertz CT molecular complexity index is 283. The molecule has 2 N–H and O–H groups in total. The van der Waals surface area contributed by atoms with Gasteiger partial charge in [0, 0.05) is 6.54 Å². The molecule has 1 aromatic carbocycles. The highest BCUT2D eigenvalue weighted by Gasteiger charge is 2.10. The van der Waals surface area contributed by atoms with Gasteiger partial charge in [-0.05, 0) is 31.0 Å². The molecule has 1 aromatic rings. The quantitative estimate of drug-likeness (QED) is 0.667. The predicted octanol–water partition coefficient (Wildman–Crippen LogP) is 0.0224. The first-order valence-electron chi connectivity index (χ1n) is 5.14. The van der Waals surface area contributed by atoms with Crippen molar-refractivity contribution in [3.63, 3.8) is 0 Å². The van der Waals surface area contributed by atoms with E-state index in [-0.39, 0.29) is 0 Å². The van der Waals surface area contributed by atoms with Crippen LogP contribution in [0.2, 0.25) is 0 Å². The van der Waals surface area contributed by atoms with Gasteiger partial charge in [-0.1, -0.05) is 31.2 Å². The fourth-order valence-corrected chi connectivity index (χ4v) is 1.40. The Kier molecular flexibility index (Phi) is 4.82. The first-order chi connectivity index (χ1) is 7.17.